The minimum absolute atomic E-state index is 0.0639. The summed E-state index contributed by atoms with van der Waals surface area (Å²) in [6.45, 7) is 7.14. The number of carbonyl (C=O) groups excluding carboxylic acids is 1. The molecule has 0 atom stereocenters. The van der Waals surface area contributed by atoms with Crippen molar-refractivity contribution in [1.29, 1.82) is 0 Å². The molecular weight excluding hydrogens is 264 g/mol. The van der Waals surface area contributed by atoms with Crippen LogP contribution in [0.5, 0.6) is 0 Å². The van der Waals surface area contributed by atoms with E-state index in [2.05, 4.69) is 34.4 Å². The molecule has 116 valence electrons. The molecule has 1 aromatic heterocycles. The molecule has 21 heavy (non-hydrogen) atoms. The quantitative estimate of drug-likeness (QED) is 0.757. The maximum absolute atomic E-state index is 12.0. The van der Waals surface area contributed by atoms with Crippen molar-refractivity contribution in [2.45, 2.75) is 45.6 Å². The molecule has 1 aliphatic heterocycles. The average Bonchev–Trinajstić information content (AvgIpc) is 2.98. The van der Waals surface area contributed by atoms with E-state index in [0.717, 1.165) is 37.6 Å². The summed E-state index contributed by atoms with van der Waals surface area (Å²) in [5, 5.41) is 6.32. The normalized spacial score (nSPS) is 14.7. The zero-order valence-electron chi connectivity index (χ0n) is 13.1. The minimum atomic E-state index is 0.0639. The largest absolute Gasteiger partial charge is 0.355 e. The number of hydrogen-bond donors (Lipinski definition) is 2. The van der Waals surface area contributed by atoms with Crippen molar-refractivity contribution in [2.24, 2.45) is 0 Å². The van der Waals surface area contributed by atoms with E-state index in [1.807, 2.05) is 12.1 Å². The molecule has 5 heteroatoms. The van der Waals surface area contributed by atoms with Crippen LogP contribution in [0.1, 0.15) is 39.5 Å². The van der Waals surface area contributed by atoms with E-state index in [-0.39, 0.29) is 5.91 Å². The third-order valence-electron chi connectivity index (χ3n) is 3.60. The number of nitrogens with one attached hydrogen (secondary N) is 2. The van der Waals surface area contributed by atoms with Gasteiger partial charge in [0.25, 0.3) is 0 Å². The smallest absolute Gasteiger partial charge is 0.224 e. The van der Waals surface area contributed by atoms with E-state index in [4.69, 9.17) is 0 Å². The van der Waals surface area contributed by atoms with E-state index < -0.39 is 0 Å². The Labute approximate surface area is 127 Å². The summed E-state index contributed by atoms with van der Waals surface area (Å²) in [5.41, 5.74) is 0.834. The third-order valence-corrected chi connectivity index (χ3v) is 3.60. The van der Waals surface area contributed by atoms with Gasteiger partial charge >= 0.3 is 0 Å². The fourth-order valence-corrected chi connectivity index (χ4v) is 2.53. The molecule has 0 radical (unpaired) electrons. The van der Waals surface area contributed by atoms with E-state index in [0.29, 0.717) is 12.5 Å². The molecule has 1 saturated heterocycles. The van der Waals surface area contributed by atoms with Crippen LogP contribution in [0.25, 0.3) is 0 Å². The highest BCUT2D eigenvalue weighted by molar-refractivity contribution is 5.93. The Kier molecular flexibility index (Phi) is 5.99. The van der Waals surface area contributed by atoms with Gasteiger partial charge in [0.1, 0.15) is 0 Å². The van der Waals surface area contributed by atoms with E-state index in [1.165, 1.54) is 12.8 Å². The fraction of sp³-hybridized carbons (Fsp3) is 0.625. The van der Waals surface area contributed by atoms with Gasteiger partial charge in [0.05, 0.1) is 5.69 Å². The second-order valence-electron chi connectivity index (χ2n) is 5.83. The van der Waals surface area contributed by atoms with Crippen molar-refractivity contribution in [3.63, 3.8) is 0 Å². The molecule has 0 spiro atoms. The number of carbonyl (C=O) groups is 1. The van der Waals surface area contributed by atoms with Gasteiger partial charge < -0.3 is 15.5 Å². The van der Waals surface area contributed by atoms with Crippen LogP contribution in [0.2, 0.25) is 0 Å². The van der Waals surface area contributed by atoms with Crippen LogP contribution in [0.15, 0.2) is 18.3 Å². The fourth-order valence-electron chi connectivity index (χ4n) is 2.53. The first-order chi connectivity index (χ1) is 10.2. The zero-order chi connectivity index (χ0) is 15.1. The molecule has 1 aromatic rings. The summed E-state index contributed by atoms with van der Waals surface area (Å²) < 4.78 is 0. The second-order valence-corrected chi connectivity index (χ2v) is 5.83. The number of anilines is 2. The highest BCUT2D eigenvalue weighted by atomic mass is 16.1. The van der Waals surface area contributed by atoms with Crippen LogP contribution in [0, 0.1) is 0 Å². The Hall–Kier alpha value is -1.62. The molecule has 2 rings (SSSR count). The summed E-state index contributed by atoms with van der Waals surface area (Å²) >= 11 is 0. The van der Waals surface area contributed by atoms with E-state index in [1.54, 1.807) is 6.20 Å². The SMILES string of the molecule is CC(C)NCCCC(=O)Nc1cccnc1N1CCCC1. The van der Waals surface area contributed by atoms with Crippen molar-refractivity contribution in [3.8, 4) is 0 Å². The molecule has 5 nitrogen and oxygen atoms in total. The summed E-state index contributed by atoms with van der Waals surface area (Å²) in [6.07, 6.45) is 5.57. The number of hydrogen-bond acceptors (Lipinski definition) is 4. The third kappa shape index (κ3) is 5.01. The molecule has 0 bridgehead atoms. The summed E-state index contributed by atoms with van der Waals surface area (Å²) in [7, 11) is 0. The van der Waals surface area contributed by atoms with Crippen molar-refractivity contribution < 1.29 is 4.79 Å². The van der Waals surface area contributed by atoms with E-state index >= 15 is 0 Å². The molecule has 1 amide bonds. The predicted octanol–water partition coefficient (Wildman–Crippen LogP) is 2.40. The molecule has 0 unspecified atom stereocenters. The molecule has 0 aliphatic carbocycles. The lowest BCUT2D eigenvalue weighted by molar-refractivity contribution is -0.116. The summed E-state index contributed by atoms with van der Waals surface area (Å²) in [5.74, 6) is 0.970. The van der Waals surface area contributed by atoms with Crippen molar-refractivity contribution in [2.75, 3.05) is 29.9 Å². The van der Waals surface area contributed by atoms with Gasteiger partial charge in [0.15, 0.2) is 5.82 Å². The van der Waals surface area contributed by atoms with Gasteiger partial charge in [-0.3, -0.25) is 4.79 Å². The Bertz CT molecular complexity index is 455. The predicted molar refractivity (Wildman–Crippen MR) is 86.7 cm³/mol. The van der Waals surface area contributed by atoms with Crippen molar-refractivity contribution >= 4 is 17.4 Å². The Morgan fingerprint density at radius 3 is 2.86 bits per heavy atom. The maximum atomic E-state index is 12.0. The van der Waals surface area contributed by atoms with E-state index in [9.17, 15) is 4.79 Å². The van der Waals surface area contributed by atoms with Crippen molar-refractivity contribution in [1.82, 2.24) is 10.3 Å². The summed E-state index contributed by atoms with van der Waals surface area (Å²) in [6, 6.07) is 4.27. The van der Waals surface area contributed by atoms with Gasteiger partial charge in [-0.25, -0.2) is 4.98 Å². The number of rotatable bonds is 7. The van der Waals surface area contributed by atoms with Crippen LogP contribution < -0.4 is 15.5 Å². The number of pyridine rings is 1. The van der Waals surface area contributed by atoms with Crippen LogP contribution in [-0.2, 0) is 4.79 Å². The van der Waals surface area contributed by atoms with Gasteiger partial charge in [-0.15, -0.1) is 0 Å². The number of nitrogens with zero attached hydrogens (tertiary/aromatic N) is 2. The highest BCUT2D eigenvalue weighted by Crippen LogP contribution is 2.26. The Morgan fingerprint density at radius 2 is 2.14 bits per heavy atom. The van der Waals surface area contributed by atoms with Gasteiger partial charge in [-0.2, -0.15) is 0 Å². The summed E-state index contributed by atoms with van der Waals surface area (Å²) in [4.78, 5) is 18.7. The van der Waals surface area contributed by atoms with Crippen LogP contribution in [-0.4, -0.2) is 36.6 Å². The average molecular weight is 290 g/mol. The van der Waals surface area contributed by atoms with Gasteiger partial charge in [0, 0.05) is 31.7 Å². The Morgan fingerprint density at radius 1 is 1.38 bits per heavy atom. The first kappa shape index (κ1) is 15.8. The second kappa shape index (κ2) is 7.98. The molecule has 1 aliphatic rings. The lowest BCUT2D eigenvalue weighted by atomic mass is 10.2. The van der Waals surface area contributed by atoms with Crippen LogP contribution in [0.3, 0.4) is 0 Å². The molecule has 0 aromatic carbocycles. The van der Waals surface area contributed by atoms with Gasteiger partial charge in [-0.05, 0) is 37.9 Å². The van der Waals surface area contributed by atoms with Gasteiger partial charge in [0.2, 0.25) is 5.91 Å². The monoisotopic (exact) mass is 290 g/mol. The highest BCUT2D eigenvalue weighted by Gasteiger charge is 2.17. The molecule has 2 heterocycles. The Balaban J connectivity index is 1.85. The van der Waals surface area contributed by atoms with Crippen LogP contribution in [0.4, 0.5) is 11.5 Å². The first-order valence-corrected chi connectivity index (χ1v) is 7.90. The zero-order valence-corrected chi connectivity index (χ0v) is 13.1. The number of aromatic nitrogens is 1. The van der Waals surface area contributed by atoms with Gasteiger partial charge in [-0.1, -0.05) is 13.8 Å². The maximum Gasteiger partial charge on any atom is 0.224 e. The topological polar surface area (TPSA) is 57.3 Å². The first-order valence-electron chi connectivity index (χ1n) is 7.90. The number of amides is 1. The van der Waals surface area contributed by atoms with Crippen molar-refractivity contribution in [3.05, 3.63) is 18.3 Å². The molecule has 2 N–H and O–H groups in total. The lowest BCUT2D eigenvalue weighted by Gasteiger charge is -2.20. The standard InChI is InChI=1S/C16H26N4O/c1-13(2)17-9-6-8-15(21)19-14-7-5-10-18-16(14)20-11-3-4-12-20/h5,7,10,13,17H,3-4,6,8-9,11-12H2,1-2H3,(H,19,21). The molecule has 1 fully saturated rings. The minimum Gasteiger partial charge on any atom is -0.355 e. The van der Waals surface area contributed by atoms with Crippen LogP contribution >= 0.6 is 0 Å². The molecule has 0 saturated carbocycles. The lowest BCUT2D eigenvalue weighted by Crippen LogP contribution is -2.25. The molecular formula is C16H26N4O.